The molecule has 0 amide bonds. The minimum absolute atomic E-state index is 0.0617. The van der Waals surface area contributed by atoms with Crippen LogP contribution in [0.3, 0.4) is 0 Å². The molecule has 3 aromatic carbocycles. The fourth-order valence-corrected chi connectivity index (χ4v) is 4.50. The summed E-state index contributed by atoms with van der Waals surface area (Å²) in [5.41, 5.74) is 1.48. The van der Waals surface area contributed by atoms with Gasteiger partial charge in [0.2, 0.25) is 9.84 Å². The molecular weight excluding hydrogens is 466 g/mol. The minimum Gasteiger partial charge on any atom is -0.493 e. The molecule has 0 N–H and O–H groups in total. The lowest BCUT2D eigenvalue weighted by Gasteiger charge is -2.14. The molecule has 152 valence electrons. The molecule has 0 bridgehead atoms. The van der Waals surface area contributed by atoms with Gasteiger partial charge in [0.15, 0.2) is 11.5 Å². The smallest absolute Gasteiger partial charge is 0.216 e. The number of benzene rings is 3. The number of sulfone groups is 1. The van der Waals surface area contributed by atoms with E-state index < -0.39 is 9.84 Å². The van der Waals surface area contributed by atoms with Gasteiger partial charge in [0, 0.05) is 0 Å². The molecule has 5 nitrogen and oxygen atoms in total. The summed E-state index contributed by atoms with van der Waals surface area (Å²) in [5.74, 6) is 0.906. The van der Waals surface area contributed by atoms with Gasteiger partial charge in [0.05, 0.1) is 16.5 Å². The highest BCUT2D eigenvalue weighted by Crippen LogP contribution is 2.38. The number of nitriles is 1. The summed E-state index contributed by atoms with van der Waals surface area (Å²) < 4.78 is 37.4. The lowest BCUT2D eigenvalue weighted by atomic mass is 10.2. The van der Waals surface area contributed by atoms with E-state index in [1.807, 2.05) is 30.3 Å². The van der Waals surface area contributed by atoms with E-state index in [2.05, 4.69) is 15.9 Å². The van der Waals surface area contributed by atoms with Gasteiger partial charge in [0.25, 0.3) is 0 Å². The van der Waals surface area contributed by atoms with E-state index in [1.54, 1.807) is 36.4 Å². The van der Waals surface area contributed by atoms with E-state index in [4.69, 9.17) is 9.47 Å². The van der Waals surface area contributed by atoms with Crippen LogP contribution >= 0.6 is 15.9 Å². The molecular formula is C23H18BrNO4S. The predicted molar refractivity (Wildman–Crippen MR) is 119 cm³/mol. The van der Waals surface area contributed by atoms with Crippen LogP contribution in [0.5, 0.6) is 11.5 Å². The van der Waals surface area contributed by atoms with Crippen molar-refractivity contribution in [3.05, 3.63) is 93.3 Å². The molecule has 0 atom stereocenters. The van der Waals surface area contributed by atoms with Crippen LogP contribution in [-0.4, -0.2) is 15.5 Å². The zero-order chi connectivity index (χ0) is 21.6. The quantitative estimate of drug-likeness (QED) is 0.421. The van der Waals surface area contributed by atoms with Crippen molar-refractivity contribution >= 4 is 31.8 Å². The molecule has 0 saturated carbocycles. The minimum atomic E-state index is -3.93. The lowest BCUT2D eigenvalue weighted by Crippen LogP contribution is -2.03. The van der Waals surface area contributed by atoms with Gasteiger partial charge < -0.3 is 9.47 Å². The summed E-state index contributed by atoms with van der Waals surface area (Å²) >= 11 is 3.45. The van der Waals surface area contributed by atoms with Gasteiger partial charge in [0.1, 0.15) is 17.6 Å². The average molecular weight is 484 g/mol. The number of hydrogen-bond acceptors (Lipinski definition) is 5. The molecule has 0 fully saturated rings. The fourth-order valence-electron chi connectivity index (χ4n) is 2.74. The van der Waals surface area contributed by atoms with Gasteiger partial charge in [-0.1, -0.05) is 48.5 Å². The summed E-state index contributed by atoms with van der Waals surface area (Å²) in [7, 11) is -2.43. The maximum atomic E-state index is 12.8. The summed E-state index contributed by atoms with van der Waals surface area (Å²) in [6.07, 6.45) is 1.32. The Morgan fingerprint density at radius 2 is 1.70 bits per heavy atom. The maximum absolute atomic E-state index is 12.8. The van der Waals surface area contributed by atoms with Crippen LogP contribution in [0.2, 0.25) is 0 Å². The first-order valence-corrected chi connectivity index (χ1v) is 11.2. The van der Waals surface area contributed by atoms with Gasteiger partial charge in [-0.15, -0.1) is 0 Å². The van der Waals surface area contributed by atoms with E-state index in [9.17, 15) is 13.7 Å². The van der Waals surface area contributed by atoms with Crippen LogP contribution in [-0.2, 0) is 16.4 Å². The van der Waals surface area contributed by atoms with E-state index in [1.165, 1.54) is 25.3 Å². The number of hydrogen-bond donors (Lipinski definition) is 0. The second-order valence-electron chi connectivity index (χ2n) is 6.25. The molecule has 3 rings (SSSR count). The summed E-state index contributed by atoms with van der Waals surface area (Å²) in [5, 5.41) is 9.48. The number of rotatable bonds is 7. The Kier molecular flexibility index (Phi) is 6.93. The average Bonchev–Trinajstić information content (AvgIpc) is 2.77. The van der Waals surface area contributed by atoms with Crippen LogP contribution < -0.4 is 9.47 Å². The van der Waals surface area contributed by atoms with Crippen molar-refractivity contribution in [2.75, 3.05) is 7.11 Å². The van der Waals surface area contributed by atoms with Gasteiger partial charge in [-0.25, -0.2) is 8.42 Å². The summed E-state index contributed by atoms with van der Waals surface area (Å²) in [6.45, 7) is 0.344. The largest absolute Gasteiger partial charge is 0.493 e. The number of allylic oxidation sites excluding steroid dienone is 1. The number of nitrogens with zero attached hydrogens (tertiary/aromatic N) is 1. The first-order chi connectivity index (χ1) is 14.5. The molecule has 0 aliphatic heterocycles. The normalized spacial score (nSPS) is 11.6. The van der Waals surface area contributed by atoms with Crippen molar-refractivity contribution in [2.24, 2.45) is 0 Å². The Balaban J connectivity index is 1.94. The van der Waals surface area contributed by atoms with Crippen LogP contribution in [0, 0.1) is 11.3 Å². The van der Waals surface area contributed by atoms with Crippen molar-refractivity contribution in [1.82, 2.24) is 0 Å². The summed E-state index contributed by atoms with van der Waals surface area (Å²) in [6, 6.07) is 22.6. The van der Waals surface area contributed by atoms with Crippen molar-refractivity contribution in [1.29, 1.82) is 5.26 Å². The van der Waals surface area contributed by atoms with Crippen molar-refractivity contribution in [3.63, 3.8) is 0 Å². The molecule has 3 aromatic rings. The molecule has 0 spiro atoms. The molecule has 7 heteroatoms. The first-order valence-electron chi connectivity index (χ1n) is 8.92. The van der Waals surface area contributed by atoms with Gasteiger partial charge in [-0.2, -0.15) is 5.26 Å². The van der Waals surface area contributed by atoms with E-state index >= 15 is 0 Å². The molecule has 0 saturated heterocycles. The van der Waals surface area contributed by atoms with Crippen molar-refractivity contribution < 1.29 is 17.9 Å². The molecule has 0 unspecified atom stereocenters. The summed E-state index contributed by atoms with van der Waals surface area (Å²) in [4.78, 5) is -0.299. The van der Waals surface area contributed by atoms with Crippen LogP contribution in [0.4, 0.5) is 0 Å². The lowest BCUT2D eigenvalue weighted by molar-refractivity contribution is 0.282. The van der Waals surface area contributed by atoms with Crippen LogP contribution in [0.1, 0.15) is 11.1 Å². The fraction of sp³-hybridized carbons (Fsp3) is 0.0870. The van der Waals surface area contributed by atoms with Crippen LogP contribution in [0.15, 0.2) is 87.1 Å². The van der Waals surface area contributed by atoms with Crippen molar-refractivity contribution in [3.8, 4) is 17.6 Å². The molecule has 0 aliphatic carbocycles. The molecule has 0 aromatic heterocycles. The molecule has 30 heavy (non-hydrogen) atoms. The number of methoxy groups -OCH3 is 1. The zero-order valence-corrected chi connectivity index (χ0v) is 18.5. The highest BCUT2D eigenvalue weighted by Gasteiger charge is 2.21. The Labute approximate surface area is 184 Å². The monoisotopic (exact) mass is 483 g/mol. The van der Waals surface area contributed by atoms with E-state index in [0.29, 0.717) is 28.1 Å². The highest BCUT2D eigenvalue weighted by molar-refractivity contribution is 9.10. The second kappa shape index (κ2) is 9.61. The topological polar surface area (TPSA) is 76.4 Å². The third-order valence-electron chi connectivity index (χ3n) is 4.23. The zero-order valence-electron chi connectivity index (χ0n) is 16.1. The number of ether oxygens (including phenoxy) is 2. The number of halogens is 1. The van der Waals surface area contributed by atoms with E-state index in [0.717, 1.165) is 5.56 Å². The third-order valence-corrected chi connectivity index (χ3v) is 6.50. The molecule has 0 radical (unpaired) electrons. The first kappa shape index (κ1) is 21.6. The Hall–Kier alpha value is -3.08. The van der Waals surface area contributed by atoms with E-state index in [-0.39, 0.29) is 9.80 Å². The van der Waals surface area contributed by atoms with Crippen LogP contribution in [0.25, 0.3) is 6.08 Å². The highest BCUT2D eigenvalue weighted by atomic mass is 79.9. The second-order valence-corrected chi connectivity index (χ2v) is 9.02. The standard InChI is InChI=1S/C23H18BrNO4S/c1-28-22-14-18(12-20(15-25)30(26,27)19-10-6-3-7-11-19)13-21(24)23(22)29-16-17-8-4-2-5-9-17/h2-14H,16H2,1H3. The Morgan fingerprint density at radius 1 is 1.07 bits per heavy atom. The van der Waals surface area contributed by atoms with Crippen molar-refractivity contribution in [2.45, 2.75) is 11.5 Å². The Bertz CT molecular complexity index is 1200. The SMILES string of the molecule is COc1cc(C=C(C#N)S(=O)(=O)c2ccccc2)cc(Br)c1OCc1ccccc1. The third kappa shape index (κ3) is 4.90. The van der Waals surface area contributed by atoms with Gasteiger partial charge >= 0.3 is 0 Å². The molecule has 0 aliphatic rings. The van der Waals surface area contributed by atoms with Gasteiger partial charge in [-0.3, -0.25) is 0 Å². The molecule has 0 heterocycles. The Morgan fingerprint density at radius 3 is 2.30 bits per heavy atom. The maximum Gasteiger partial charge on any atom is 0.216 e. The van der Waals surface area contributed by atoms with Gasteiger partial charge in [-0.05, 0) is 57.4 Å². The predicted octanol–water partition coefficient (Wildman–Crippen LogP) is 5.38.